The number of aryl methyl sites for hydroxylation is 1. The van der Waals surface area contributed by atoms with Gasteiger partial charge in [0.2, 0.25) is 0 Å². The van der Waals surface area contributed by atoms with E-state index in [0.29, 0.717) is 6.54 Å². The van der Waals surface area contributed by atoms with Crippen LogP contribution in [0.25, 0.3) is 16.8 Å². The molecule has 1 aliphatic heterocycles. The molecule has 1 saturated heterocycles. The van der Waals surface area contributed by atoms with Gasteiger partial charge in [-0.3, -0.25) is 9.78 Å². The molecule has 0 unspecified atom stereocenters. The van der Waals surface area contributed by atoms with Crippen LogP contribution in [0.3, 0.4) is 0 Å². The first kappa shape index (κ1) is 18.0. The van der Waals surface area contributed by atoms with E-state index in [-0.39, 0.29) is 11.8 Å². The molecule has 5 rings (SSSR count). The smallest absolute Gasteiger partial charge is 0.263 e. The zero-order valence-electron chi connectivity index (χ0n) is 16.2. The predicted molar refractivity (Wildman–Crippen MR) is 113 cm³/mol. The molecule has 29 heavy (non-hydrogen) atoms. The summed E-state index contributed by atoms with van der Waals surface area (Å²) in [5.74, 6) is 1.10. The molecule has 1 aliphatic rings. The average molecular weight is 404 g/mol. The van der Waals surface area contributed by atoms with Crippen LogP contribution in [0.2, 0.25) is 0 Å². The van der Waals surface area contributed by atoms with E-state index in [1.54, 1.807) is 23.7 Å². The van der Waals surface area contributed by atoms with E-state index in [9.17, 15) is 4.79 Å². The minimum absolute atomic E-state index is 0.122. The Morgan fingerprint density at radius 2 is 1.97 bits per heavy atom. The van der Waals surface area contributed by atoms with Crippen molar-refractivity contribution in [3.05, 3.63) is 70.6 Å². The number of fused-ring (bicyclic) bond motifs is 1. The minimum Gasteiger partial charge on any atom is -0.337 e. The van der Waals surface area contributed by atoms with E-state index >= 15 is 0 Å². The third-order valence-electron chi connectivity index (χ3n) is 5.39. The molecular formula is C22H21N5OS. The lowest BCUT2D eigenvalue weighted by atomic mass is 9.97. The largest absolute Gasteiger partial charge is 0.337 e. The quantitative estimate of drug-likeness (QED) is 0.515. The summed E-state index contributed by atoms with van der Waals surface area (Å²) in [6.45, 7) is 3.50. The van der Waals surface area contributed by atoms with Crippen molar-refractivity contribution in [3.8, 4) is 11.1 Å². The Balaban J connectivity index is 1.39. The van der Waals surface area contributed by atoms with Crippen LogP contribution in [0.5, 0.6) is 0 Å². The van der Waals surface area contributed by atoms with Crippen LogP contribution in [-0.2, 0) is 0 Å². The van der Waals surface area contributed by atoms with Crippen molar-refractivity contribution < 1.29 is 4.79 Å². The summed E-state index contributed by atoms with van der Waals surface area (Å²) < 4.78 is 1.84. The van der Waals surface area contributed by atoms with Crippen LogP contribution in [0.1, 0.15) is 39.1 Å². The number of thiophene rings is 1. The standard InChI is InChI=1S/C22H21N5OS/c1-15-4-6-19(29-15)22(28)26-12-2-3-18(13-26)21-24-20-7-5-17(14-27(20)25-21)16-8-10-23-11-9-16/h4-11,14,18H,2-3,12-13H2,1H3/t18-/m1/s1. The molecule has 0 aromatic carbocycles. The maximum absolute atomic E-state index is 12.8. The zero-order valence-corrected chi connectivity index (χ0v) is 17.0. The molecule has 0 saturated carbocycles. The van der Waals surface area contributed by atoms with Gasteiger partial charge >= 0.3 is 0 Å². The highest BCUT2D eigenvalue weighted by atomic mass is 32.1. The van der Waals surface area contributed by atoms with Crippen LogP contribution in [-0.4, -0.2) is 43.5 Å². The predicted octanol–water partition coefficient (Wildman–Crippen LogP) is 4.18. The van der Waals surface area contributed by atoms with Gasteiger partial charge in [-0.05, 0) is 61.7 Å². The number of hydrogen-bond donors (Lipinski definition) is 0. The molecule has 1 amide bonds. The van der Waals surface area contributed by atoms with E-state index in [1.807, 2.05) is 52.9 Å². The second kappa shape index (κ2) is 7.40. The summed E-state index contributed by atoms with van der Waals surface area (Å²) in [6.07, 6.45) is 7.55. The summed E-state index contributed by atoms with van der Waals surface area (Å²) in [5.41, 5.74) is 3.00. The molecule has 146 valence electrons. The van der Waals surface area contributed by atoms with E-state index in [4.69, 9.17) is 10.1 Å². The lowest BCUT2D eigenvalue weighted by Gasteiger charge is -2.31. The second-order valence-corrected chi connectivity index (χ2v) is 8.71. The SMILES string of the molecule is Cc1ccc(C(=O)N2CCC[C@@H](c3nc4ccc(-c5ccncc5)cn4n3)C2)s1. The summed E-state index contributed by atoms with van der Waals surface area (Å²) in [4.78, 5) is 25.6. The molecule has 0 N–H and O–H groups in total. The Kier molecular flexibility index (Phi) is 4.60. The fraction of sp³-hybridized carbons (Fsp3) is 0.273. The van der Waals surface area contributed by atoms with Crippen molar-refractivity contribution in [1.29, 1.82) is 0 Å². The number of likely N-dealkylation sites (tertiary alicyclic amines) is 1. The fourth-order valence-electron chi connectivity index (χ4n) is 3.87. The number of pyridine rings is 2. The highest BCUT2D eigenvalue weighted by molar-refractivity contribution is 7.13. The summed E-state index contributed by atoms with van der Waals surface area (Å²) in [7, 11) is 0. The number of carbonyl (C=O) groups excluding carboxylic acids is 1. The highest BCUT2D eigenvalue weighted by Gasteiger charge is 2.28. The van der Waals surface area contributed by atoms with E-state index in [0.717, 1.165) is 51.7 Å². The normalized spacial score (nSPS) is 17.0. The van der Waals surface area contributed by atoms with Crippen LogP contribution < -0.4 is 0 Å². The van der Waals surface area contributed by atoms with Gasteiger partial charge in [0.25, 0.3) is 5.91 Å². The highest BCUT2D eigenvalue weighted by Crippen LogP contribution is 2.28. The maximum Gasteiger partial charge on any atom is 0.263 e. The first-order chi connectivity index (χ1) is 14.2. The molecular weight excluding hydrogens is 382 g/mol. The van der Waals surface area contributed by atoms with Crippen molar-refractivity contribution in [3.63, 3.8) is 0 Å². The first-order valence-corrected chi connectivity index (χ1v) is 10.6. The Morgan fingerprint density at radius 3 is 2.76 bits per heavy atom. The fourth-order valence-corrected chi connectivity index (χ4v) is 4.70. The van der Waals surface area contributed by atoms with Crippen molar-refractivity contribution in [2.24, 2.45) is 0 Å². The van der Waals surface area contributed by atoms with Gasteiger partial charge in [-0.2, -0.15) is 5.10 Å². The number of amides is 1. The van der Waals surface area contributed by atoms with Gasteiger partial charge < -0.3 is 4.90 Å². The Bertz CT molecular complexity index is 1170. The Labute approximate surface area is 172 Å². The zero-order chi connectivity index (χ0) is 19.8. The van der Waals surface area contributed by atoms with Crippen LogP contribution in [0.4, 0.5) is 0 Å². The number of carbonyl (C=O) groups is 1. The number of nitrogens with zero attached hydrogens (tertiary/aromatic N) is 5. The molecule has 1 atom stereocenters. The number of piperidine rings is 1. The lowest BCUT2D eigenvalue weighted by molar-refractivity contribution is 0.0709. The topological polar surface area (TPSA) is 63.4 Å². The monoisotopic (exact) mass is 403 g/mol. The van der Waals surface area contributed by atoms with Crippen LogP contribution in [0, 0.1) is 6.92 Å². The molecule has 7 heteroatoms. The molecule has 1 fully saturated rings. The first-order valence-electron chi connectivity index (χ1n) is 9.80. The van der Waals surface area contributed by atoms with E-state index in [2.05, 4.69) is 11.1 Å². The molecule has 0 spiro atoms. The third-order valence-corrected chi connectivity index (χ3v) is 6.37. The van der Waals surface area contributed by atoms with Gasteiger partial charge in [-0.15, -0.1) is 11.3 Å². The van der Waals surface area contributed by atoms with Crippen molar-refractivity contribution in [2.45, 2.75) is 25.7 Å². The Hall–Kier alpha value is -3.06. The number of aromatic nitrogens is 4. The molecule has 6 nitrogen and oxygen atoms in total. The average Bonchev–Trinajstić information content (AvgIpc) is 3.39. The third kappa shape index (κ3) is 3.53. The van der Waals surface area contributed by atoms with Gasteiger partial charge in [0.05, 0.1) is 4.88 Å². The van der Waals surface area contributed by atoms with Crippen molar-refractivity contribution in [2.75, 3.05) is 13.1 Å². The van der Waals surface area contributed by atoms with Gasteiger partial charge in [-0.25, -0.2) is 9.50 Å². The summed E-state index contributed by atoms with van der Waals surface area (Å²) in [5, 5.41) is 4.75. The number of hydrogen-bond acceptors (Lipinski definition) is 5. The van der Waals surface area contributed by atoms with E-state index < -0.39 is 0 Å². The molecule has 0 bridgehead atoms. The van der Waals surface area contributed by atoms with Gasteiger partial charge in [0.1, 0.15) is 0 Å². The maximum atomic E-state index is 12.8. The van der Waals surface area contributed by atoms with Crippen molar-refractivity contribution >= 4 is 22.9 Å². The van der Waals surface area contributed by atoms with Gasteiger partial charge in [0.15, 0.2) is 11.5 Å². The van der Waals surface area contributed by atoms with Gasteiger partial charge in [-0.1, -0.05) is 0 Å². The van der Waals surface area contributed by atoms with Crippen LogP contribution >= 0.6 is 11.3 Å². The molecule has 4 aromatic rings. The minimum atomic E-state index is 0.122. The lowest BCUT2D eigenvalue weighted by Crippen LogP contribution is -2.39. The molecule has 5 heterocycles. The van der Waals surface area contributed by atoms with Crippen molar-refractivity contribution in [1.82, 2.24) is 24.5 Å². The van der Waals surface area contributed by atoms with Gasteiger partial charge in [0, 0.05) is 48.0 Å². The number of rotatable bonds is 3. The summed E-state index contributed by atoms with van der Waals surface area (Å²) >= 11 is 1.56. The molecule has 0 radical (unpaired) electrons. The second-order valence-electron chi connectivity index (χ2n) is 7.43. The summed E-state index contributed by atoms with van der Waals surface area (Å²) in [6, 6.07) is 11.9. The Morgan fingerprint density at radius 1 is 1.10 bits per heavy atom. The molecule has 0 aliphatic carbocycles. The van der Waals surface area contributed by atoms with E-state index in [1.165, 1.54) is 0 Å². The molecule has 4 aromatic heterocycles. The van der Waals surface area contributed by atoms with Crippen LogP contribution in [0.15, 0.2) is 55.0 Å².